The second-order valence-electron chi connectivity index (χ2n) is 6.90. The Labute approximate surface area is 177 Å². The third-order valence-electron chi connectivity index (χ3n) is 4.89. The lowest BCUT2D eigenvalue weighted by Crippen LogP contribution is -2.41. The van der Waals surface area contributed by atoms with Crippen molar-refractivity contribution in [3.63, 3.8) is 0 Å². The molecule has 0 aliphatic carbocycles. The maximum Gasteiger partial charge on any atom is 0.266 e. The first kappa shape index (κ1) is 19.8. The number of thiophene rings is 2. The summed E-state index contributed by atoms with van der Waals surface area (Å²) in [5.74, 6) is -0.234. The zero-order valence-electron chi connectivity index (χ0n) is 16.4. The standard InChI is InChI=1S/C22H22N2O3S2/c1-14-8-9-17(28-14)20(25)23-21-18(22(26)24-10-12-27-13-11-24)15(2)19(29-21)16-6-4-3-5-7-16/h3-9H,10-13H2,1-2H3,(H,23,25). The number of carbonyl (C=O) groups is 2. The minimum atomic E-state index is -0.181. The van der Waals surface area contributed by atoms with Crippen LogP contribution in [0.3, 0.4) is 0 Å². The van der Waals surface area contributed by atoms with Crippen molar-refractivity contribution in [2.75, 3.05) is 31.6 Å². The van der Waals surface area contributed by atoms with Crippen LogP contribution >= 0.6 is 22.7 Å². The number of ether oxygens (including phenoxy) is 1. The predicted molar refractivity (Wildman–Crippen MR) is 118 cm³/mol. The number of carbonyl (C=O) groups excluding carboxylic acids is 2. The highest BCUT2D eigenvalue weighted by molar-refractivity contribution is 7.20. The second-order valence-corrected chi connectivity index (χ2v) is 9.20. The van der Waals surface area contributed by atoms with Gasteiger partial charge in [0.1, 0.15) is 5.00 Å². The molecule has 2 aromatic heterocycles. The second kappa shape index (κ2) is 8.49. The predicted octanol–water partition coefficient (Wildman–Crippen LogP) is 4.82. The molecule has 1 fully saturated rings. The van der Waals surface area contributed by atoms with Crippen molar-refractivity contribution < 1.29 is 14.3 Å². The SMILES string of the molecule is Cc1ccc(C(=O)Nc2sc(-c3ccccc3)c(C)c2C(=O)N2CCOCC2)s1. The number of benzene rings is 1. The maximum atomic E-state index is 13.3. The van der Waals surface area contributed by atoms with Gasteiger partial charge in [-0.25, -0.2) is 0 Å². The molecule has 0 unspecified atom stereocenters. The Balaban J connectivity index is 1.73. The fourth-order valence-corrected chi connectivity index (χ4v) is 5.33. The van der Waals surface area contributed by atoms with E-state index in [1.165, 1.54) is 22.7 Å². The molecular formula is C22H22N2O3S2. The highest BCUT2D eigenvalue weighted by atomic mass is 32.1. The fourth-order valence-electron chi connectivity index (χ4n) is 3.37. The number of morpholine rings is 1. The Morgan fingerprint density at radius 2 is 1.72 bits per heavy atom. The molecule has 0 saturated carbocycles. The van der Waals surface area contributed by atoms with E-state index in [0.717, 1.165) is 20.9 Å². The minimum absolute atomic E-state index is 0.0538. The topological polar surface area (TPSA) is 58.6 Å². The number of rotatable bonds is 4. The molecule has 29 heavy (non-hydrogen) atoms. The van der Waals surface area contributed by atoms with Crippen LogP contribution in [0.4, 0.5) is 5.00 Å². The van der Waals surface area contributed by atoms with E-state index in [1.54, 1.807) is 4.90 Å². The van der Waals surface area contributed by atoms with Crippen LogP contribution in [0.25, 0.3) is 10.4 Å². The lowest BCUT2D eigenvalue weighted by atomic mass is 10.1. The molecule has 0 bridgehead atoms. The summed E-state index contributed by atoms with van der Waals surface area (Å²) in [5.41, 5.74) is 2.52. The summed E-state index contributed by atoms with van der Waals surface area (Å²) in [6.07, 6.45) is 0. The van der Waals surface area contributed by atoms with Crippen molar-refractivity contribution in [2.45, 2.75) is 13.8 Å². The van der Waals surface area contributed by atoms with Crippen LogP contribution in [0.1, 0.15) is 30.5 Å². The molecule has 1 N–H and O–H groups in total. The molecule has 1 aliphatic heterocycles. The molecule has 1 aliphatic rings. The van der Waals surface area contributed by atoms with Crippen LogP contribution in [-0.4, -0.2) is 43.0 Å². The van der Waals surface area contributed by atoms with Gasteiger partial charge in [-0.3, -0.25) is 9.59 Å². The first-order valence-corrected chi connectivity index (χ1v) is 11.1. The van der Waals surface area contributed by atoms with Gasteiger partial charge in [0.05, 0.1) is 23.7 Å². The van der Waals surface area contributed by atoms with Crippen LogP contribution in [0, 0.1) is 13.8 Å². The highest BCUT2D eigenvalue weighted by Gasteiger charge is 2.28. The number of hydrogen-bond acceptors (Lipinski definition) is 5. The monoisotopic (exact) mass is 426 g/mol. The lowest BCUT2D eigenvalue weighted by molar-refractivity contribution is 0.0303. The van der Waals surface area contributed by atoms with Crippen molar-refractivity contribution in [3.8, 4) is 10.4 Å². The normalized spacial score (nSPS) is 14.1. The Hall–Kier alpha value is -2.48. The summed E-state index contributed by atoms with van der Waals surface area (Å²) < 4.78 is 5.39. The first-order chi connectivity index (χ1) is 14.0. The van der Waals surface area contributed by atoms with E-state index in [2.05, 4.69) is 5.32 Å². The summed E-state index contributed by atoms with van der Waals surface area (Å²) in [5, 5.41) is 3.61. The van der Waals surface area contributed by atoms with Crippen molar-refractivity contribution >= 4 is 39.5 Å². The molecule has 0 radical (unpaired) electrons. The number of amides is 2. The van der Waals surface area contributed by atoms with Crippen LogP contribution in [-0.2, 0) is 4.74 Å². The van der Waals surface area contributed by atoms with Crippen LogP contribution in [0.15, 0.2) is 42.5 Å². The average Bonchev–Trinajstić information content (AvgIpc) is 3.32. The maximum absolute atomic E-state index is 13.3. The Morgan fingerprint density at radius 3 is 2.38 bits per heavy atom. The van der Waals surface area contributed by atoms with Crippen LogP contribution in [0.5, 0.6) is 0 Å². The van der Waals surface area contributed by atoms with E-state index >= 15 is 0 Å². The quantitative estimate of drug-likeness (QED) is 0.651. The van der Waals surface area contributed by atoms with Gasteiger partial charge in [0.25, 0.3) is 11.8 Å². The summed E-state index contributed by atoms with van der Waals surface area (Å²) in [6.45, 7) is 6.13. The molecular weight excluding hydrogens is 404 g/mol. The third-order valence-corrected chi connectivity index (χ3v) is 7.14. The number of hydrogen-bond donors (Lipinski definition) is 1. The zero-order chi connectivity index (χ0) is 20.4. The van der Waals surface area contributed by atoms with Gasteiger partial charge in [-0.1, -0.05) is 30.3 Å². The number of anilines is 1. The first-order valence-electron chi connectivity index (χ1n) is 9.48. The minimum Gasteiger partial charge on any atom is -0.378 e. The summed E-state index contributed by atoms with van der Waals surface area (Å²) in [4.78, 5) is 30.7. The van der Waals surface area contributed by atoms with Crippen molar-refractivity contribution in [2.24, 2.45) is 0 Å². The van der Waals surface area contributed by atoms with Gasteiger partial charge in [0.15, 0.2) is 0 Å². The molecule has 4 rings (SSSR count). The Morgan fingerprint density at radius 1 is 1.00 bits per heavy atom. The van der Waals surface area contributed by atoms with Gasteiger partial charge >= 0.3 is 0 Å². The summed E-state index contributed by atoms with van der Waals surface area (Å²) in [7, 11) is 0. The fraction of sp³-hybridized carbons (Fsp3) is 0.273. The number of aryl methyl sites for hydroxylation is 1. The van der Waals surface area contributed by atoms with E-state index in [1.807, 2.05) is 56.3 Å². The zero-order valence-corrected chi connectivity index (χ0v) is 18.0. The van der Waals surface area contributed by atoms with Crippen LogP contribution in [0.2, 0.25) is 0 Å². The number of nitrogens with one attached hydrogen (secondary N) is 1. The van der Waals surface area contributed by atoms with Gasteiger partial charge in [0, 0.05) is 22.8 Å². The van der Waals surface area contributed by atoms with E-state index in [9.17, 15) is 9.59 Å². The van der Waals surface area contributed by atoms with Gasteiger partial charge < -0.3 is 15.0 Å². The average molecular weight is 427 g/mol. The van der Waals surface area contributed by atoms with Gasteiger partial charge in [-0.2, -0.15) is 0 Å². The van der Waals surface area contributed by atoms with Gasteiger partial charge in [-0.05, 0) is 37.1 Å². The van der Waals surface area contributed by atoms with E-state index in [4.69, 9.17) is 4.74 Å². The Bertz CT molecular complexity index is 1030. The van der Waals surface area contributed by atoms with Crippen molar-refractivity contribution in [3.05, 3.63) is 63.3 Å². The van der Waals surface area contributed by atoms with E-state index in [-0.39, 0.29) is 11.8 Å². The molecule has 5 nitrogen and oxygen atoms in total. The molecule has 3 heterocycles. The largest absolute Gasteiger partial charge is 0.378 e. The summed E-state index contributed by atoms with van der Waals surface area (Å²) in [6, 6.07) is 13.7. The van der Waals surface area contributed by atoms with Crippen molar-refractivity contribution in [1.29, 1.82) is 0 Å². The molecule has 1 aromatic carbocycles. The van der Waals surface area contributed by atoms with Crippen LogP contribution < -0.4 is 5.32 Å². The van der Waals surface area contributed by atoms with Gasteiger partial charge in [0.2, 0.25) is 0 Å². The highest BCUT2D eigenvalue weighted by Crippen LogP contribution is 2.41. The smallest absolute Gasteiger partial charge is 0.266 e. The number of nitrogens with zero attached hydrogens (tertiary/aromatic N) is 1. The molecule has 7 heteroatoms. The lowest BCUT2D eigenvalue weighted by Gasteiger charge is -2.27. The molecule has 0 spiro atoms. The van der Waals surface area contributed by atoms with Gasteiger partial charge in [-0.15, -0.1) is 22.7 Å². The van der Waals surface area contributed by atoms with Crippen molar-refractivity contribution in [1.82, 2.24) is 4.90 Å². The molecule has 1 saturated heterocycles. The molecule has 150 valence electrons. The van der Waals surface area contributed by atoms with E-state index in [0.29, 0.717) is 41.7 Å². The summed E-state index contributed by atoms with van der Waals surface area (Å²) >= 11 is 2.90. The molecule has 3 aromatic rings. The van der Waals surface area contributed by atoms with E-state index < -0.39 is 0 Å². The third kappa shape index (κ3) is 4.12. The molecule has 0 atom stereocenters. The molecule has 2 amide bonds. The Kier molecular flexibility index (Phi) is 5.80.